The monoisotopic (exact) mass is 138 g/mol. The Labute approximate surface area is 71.5 Å². The topological polar surface area (TPSA) is 23.8 Å². The van der Waals surface area contributed by atoms with Crippen molar-refractivity contribution in [3.8, 4) is 4.97 Å². The van der Waals surface area contributed by atoms with Gasteiger partial charge in [-0.1, -0.05) is 0 Å². The van der Waals surface area contributed by atoms with E-state index in [1.807, 2.05) is 0 Å². The maximum atomic E-state index is 7.45. The van der Waals surface area contributed by atoms with Crippen LogP contribution in [0.4, 0.5) is 0 Å². The molecule has 0 N–H and O–H groups in total. The van der Waals surface area contributed by atoms with Crippen molar-refractivity contribution in [3.63, 3.8) is 0 Å². The summed E-state index contributed by atoms with van der Waals surface area (Å²) >= 11 is 0.701. The average Bonchev–Trinajstić information content (AvgIpc) is 1.37. The van der Waals surface area contributed by atoms with Gasteiger partial charge in [0.15, 0.2) is 0 Å². The first-order valence-corrected chi connectivity index (χ1v) is 2.25. The number of hydrogen-bond acceptors (Lipinski definition) is 1. The van der Waals surface area contributed by atoms with Gasteiger partial charge in [-0.15, -0.1) is 0 Å². The molecule has 0 saturated carbocycles. The van der Waals surface area contributed by atoms with Gasteiger partial charge in [0.05, 0.1) is 0 Å². The van der Waals surface area contributed by atoms with Gasteiger partial charge in [0.25, 0.3) is 0 Å². The van der Waals surface area contributed by atoms with Gasteiger partial charge in [-0.05, 0) is 0 Å². The van der Waals surface area contributed by atoms with Gasteiger partial charge in [-0.2, -0.15) is 0 Å². The van der Waals surface area contributed by atoms with Gasteiger partial charge in [0.2, 0.25) is 0 Å². The van der Waals surface area contributed by atoms with Crippen molar-refractivity contribution in [2.75, 3.05) is 0 Å². The van der Waals surface area contributed by atoms with Crippen LogP contribution in [0.3, 0.4) is 0 Å². The minimum atomic E-state index is 0. The third kappa shape index (κ3) is 17.8. The first-order chi connectivity index (χ1) is 1.91. The van der Waals surface area contributed by atoms with Gasteiger partial charge in [0, 0.05) is 0 Å². The molecule has 0 unspecified atom stereocenters. The molecule has 0 heterocycles. The molecule has 5 heteroatoms. The van der Waals surface area contributed by atoms with E-state index >= 15 is 0 Å². The molecule has 0 aromatic rings. The molecule has 6 heavy (non-hydrogen) atoms. The molecule has 0 aliphatic heterocycles. The van der Waals surface area contributed by atoms with Crippen molar-refractivity contribution in [1.29, 1.82) is 5.26 Å². The van der Waals surface area contributed by atoms with Crippen molar-refractivity contribution in [1.82, 2.24) is 0 Å². The quantitative estimate of drug-likeness (QED) is 0.307. The molecule has 0 aliphatic rings. The average molecular weight is 139 g/mol. The van der Waals surface area contributed by atoms with E-state index in [9.17, 15) is 0 Å². The molecular formula is CClCuLi2N. The van der Waals surface area contributed by atoms with E-state index in [2.05, 4.69) is 0 Å². The molecule has 0 aliphatic carbocycles. The van der Waals surface area contributed by atoms with Crippen LogP contribution in [0.2, 0.25) is 0 Å². The number of nitrogens with zero attached hydrogens (tertiary/aromatic N) is 1. The van der Waals surface area contributed by atoms with Crippen molar-refractivity contribution < 1.29 is 51.8 Å². The Kier molecular flexibility index (Phi) is 41.9. The summed E-state index contributed by atoms with van der Waals surface area (Å²) in [6.07, 6.45) is 0. The van der Waals surface area contributed by atoms with E-state index in [1.54, 1.807) is 4.97 Å². The number of nitriles is 1. The second-order valence-electron chi connectivity index (χ2n) is 0.124. The van der Waals surface area contributed by atoms with Gasteiger partial charge >= 0.3 is 72.1 Å². The van der Waals surface area contributed by atoms with Crippen LogP contribution in [0.1, 0.15) is 0 Å². The summed E-state index contributed by atoms with van der Waals surface area (Å²) in [4.78, 5) is 1.60. The fraction of sp³-hybridized carbons (Fsp3) is 0. The first kappa shape index (κ1) is 15.6. The van der Waals surface area contributed by atoms with Gasteiger partial charge in [-0.3, -0.25) is 0 Å². The van der Waals surface area contributed by atoms with Crippen molar-refractivity contribution >= 4 is 10.1 Å². The Morgan fingerprint density at radius 3 is 1.67 bits per heavy atom. The molecular weight excluding hydrogens is 139 g/mol. The van der Waals surface area contributed by atoms with Crippen molar-refractivity contribution in [2.24, 2.45) is 0 Å². The van der Waals surface area contributed by atoms with Crippen LogP contribution >= 0.6 is 10.1 Å². The predicted octanol–water partition coefficient (Wildman–Crippen LogP) is -5.29. The molecule has 0 aromatic heterocycles. The summed E-state index contributed by atoms with van der Waals surface area (Å²) < 4.78 is 0. The molecule has 1 nitrogen and oxygen atoms in total. The van der Waals surface area contributed by atoms with Crippen LogP contribution in [0.25, 0.3) is 0 Å². The Morgan fingerprint density at radius 1 is 1.50 bits per heavy atom. The minimum absolute atomic E-state index is 0. The SMILES string of the molecule is N#[C][Cu-2][Cl].[Li+].[Li+]. The minimum Gasteiger partial charge on any atom is 1.00 e. The first-order valence-electron chi connectivity index (χ1n) is 0.488. The largest absolute Gasteiger partial charge is 1.00 e. The normalized spacial score (nSPS) is 4.00. The molecule has 0 rings (SSSR count). The Balaban J connectivity index is -0.0000000450. The number of hydrogen-bond donors (Lipinski definition) is 0. The predicted molar refractivity (Wildman–Crippen MR) is 11.5 cm³/mol. The zero-order valence-electron chi connectivity index (χ0n) is 3.63. The summed E-state index contributed by atoms with van der Waals surface area (Å²) in [5.74, 6) is 0. The second-order valence-corrected chi connectivity index (χ2v) is 0.983. The number of rotatable bonds is 0. The molecule has 0 spiro atoms. The van der Waals surface area contributed by atoms with Gasteiger partial charge in [-0.25, -0.2) is 0 Å². The van der Waals surface area contributed by atoms with E-state index in [4.69, 9.17) is 15.4 Å². The van der Waals surface area contributed by atoms with Crippen LogP contribution in [-0.4, -0.2) is 0 Å². The molecule has 0 amide bonds. The van der Waals surface area contributed by atoms with Crippen LogP contribution in [0, 0.1) is 10.2 Å². The zero-order chi connectivity index (χ0) is 3.41. The van der Waals surface area contributed by atoms with Crippen LogP contribution in [0.15, 0.2) is 0 Å². The van der Waals surface area contributed by atoms with Crippen LogP contribution in [-0.2, 0) is 14.0 Å². The third-order valence-corrected chi connectivity index (χ3v) is 0.315. The number of halogens is 1. The van der Waals surface area contributed by atoms with Crippen LogP contribution in [0.5, 0.6) is 0 Å². The fourth-order valence-corrected chi connectivity index (χ4v) is 0. The maximum absolute atomic E-state index is 7.45. The zero-order valence-corrected chi connectivity index (χ0v) is 5.32. The molecule has 0 radical (unpaired) electrons. The van der Waals surface area contributed by atoms with Crippen molar-refractivity contribution in [2.45, 2.75) is 0 Å². The molecule has 0 fully saturated rings. The Bertz CT molecular complexity index is 43.3. The summed E-state index contributed by atoms with van der Waals surface area (Å²) in [6.45, 7) is 0. The van der Waals surface area contributed by atoms with Crippen LogP contribution < -0.4 is 37.7 Å². The molecule has 0 atom stereocenters. The molecule has 29 valence electrons. The fourth-order valence-electron chi connectivity index (χ4n) is 0. The second kappa shape index (κ2) is 16.1. The summed E-state index contributed by atoms with van der Waals surface area (Å²) in [7, 11) is 4.73. The molecule has 0 bridgehead atoms. The summed E-state index contributed by atoms with van der Waals surface area (Å²) in [5.41, 5.74) is 0. The third-order valence-electron chi connectivity index (χ3n) is 0.0255. The standard InChI is InChI=1S/CN.ClH.Cu.2Li/c1-2;;;;/h;1H;;;/q;;-1;2*+1/p-1. The Morgan fingerprint density at radius 2 is 1.67 bits per heavy atom. The van der Waals surface area contributed by atoms with E-state index < -0.39 is 0 Å². The maximum Gasteiger partial charge on any atom is 1.00 e. The molecule has 0 saturated heterocycles. The van der Waals surface area contributed by atoms with Gasteiger partial charge < -0.3 is 0 Å². The van der Waals surface area contributed by atoms with Crippen molar-refractivity contribution in [3.05, 3.63) is 0 Å². The smallest absolute Gasteiger partial charge is 1.00 e. The summed E-state index contributed by atoms with van der Waals surface area (Å²) in [6, 6.07) is 0. The van der Waals surface area contributed by atoms with E-state index in [-0.39, 0.29) is 37.7 Å². The van der Waals surface area contributed by atoms with E-state index in [1.165, 1.54) is 0 Å². The van der Waals surface area contributed by atoms with Gasteiger partial charge in [0.1, 0.15) is 0 Å². The van der Waals surface area contributed by atoms with E-state index in [0.29, 0.717) is 14.0 Å². The van der Waals surface area contributed by atoms with E-state index in [0.717, 1.165) is 0 Å². The summed E-state index contributed by atoms with van der Waals surface area (Å²) in [5, 5.41) is 7.45. The molecule has 0 aromatic carbocycles. The Hall–Kier alpha value is 1.49.